The van der Waals surface area contributed by atoms with Crippen LogP contribution < -0.4 is 9.47 Å². The fraction of sp³-hybridized carbons (Fsp3) is 0. The maximum Gasteiger partial charge on any atom is 0.187 e. The van der Waals surface area contributed by atoms with Crippen LogP contribution in [0.1, 0.15) is 0 Å². The van der Waals surface area contributed by atoms with Gasteiger partial charge in [0.2, 0.25) is 0 Å². The van der Waals surface area contributed by atoms with Gasteiger partial charge in [0.25, 0.3) is 0 Å². The Morgan fingerprint density at radius 3 is 1.45 bits per heavy atom. The lowest BCUT2D eigenvalue weighted by Gasteiger charge is -2.17. The summed E-state index contributed by atoms with van der Waals surface area (Å²) in [6, 6.07) is 39.9. The van der Waals surface area contributed by atoms with Gasteiger partial charge < -0.3 is 9.47 Å². The standard InChI is InChI=1S/C30H21O3/c31-27-19-11-18-25(24-16-7-9-20-28(24)32-22-12-3-1-4-13-22)30(27)26-17-8-10-21-29(26)33-23-14-5-2-6-15-23/h1-21H. The predicted molar refractivity (Wildman–Crippen MR) is 130 cm³/mol. The summed E-state index contributed by atoms with van der Waals surface area (Å²) in [5.74, 6) is 2.66. The Hall–Kier alpha value is -4.50. The number of rotatable bonds is 6. The van der Waals surface area contributed by atoms with E-state index >= 15 is 0 Å². The number of para-hydroxylation sites is 4. The van der Waals surface area contributed by atoms with Crippen LogP contribution in [0.2, 0.25) is 0 Å². The van der Waals surface area contributed by atoms with Crippen molar-refractivity contribution in [2.75, 3.05) is 0 Å². The van der Waals surface area contributed by atoms with Gasteiger partial charge >= 0.3 is 0 Å². The second kappa shape index (κ2) is 9.33. The molecule has 0 N–H and O–H groups in total. The van der Waals surface area contributed by atoms with Crippen molar-refractivity contribution in [3.8, 4) is 51.0 Å². The lowest BCUT2D eigenvalue weighted by atomic mass is 9.92. The highest BCUT2D eigenvalue weighted by molar-refractivity contribution is 5.91. The van der Waals surface area contributed by atoms with Crippen LogP contribution in [0.25, 0.3) is 22.3 Å². The zero-order valence-electron chi connectivity index (χ0n) is 17.8. The third-order valence-corrected chi connectivity index (χ3v) is 5.30. The molecule has 0 fully saturated rings. The van der Waals surface area contributed by atoms with Crippen molar-refractivity contribution >= 4 is 0 Å². The smallest absolute Gasteiger partial charge is 0.187 e. The number of hydrogen-bond donors (Lipinski definition) is 0. The summed E-state index contributed by atoms with van der Waals surface area (Å²) in [7, 11) is 0. The zero-order chi connectivity index (χ0) is 22.5. The average Bonchev–Trinajstić information content (AvgIpc) is 2.86. The quantitative estimate of drug-likeness (QED) is 0.271. The highest BCUT2D eigenvalue weighted by atomic mass is 16.5. The van der Waals surface area contributed by atoms with E-state index in [1.807, 2.05) is 115 Å². The number of hydrogen-bond acceptors (Lipinski definition) is 2. The van der Waals surface area contributed by atoms with Gasteiger partial charge in [0.15, 0.2) is 5.75 Å². The molecule has 0 aliphatic carbocycles. The van der Waals surface area contributed by atoms with E-state index in [1.165, 1.54) is 0 Å². The molecule has 3 nitrogen and oxygen atoms in total. The summed E-state index contributed by atoms with van der Waals surface area (Å²) in [5.41, 5.74) is 2.94. The summed E-state index contributed by atoms with van der Waals surface area (Å²) in [6.45, 7) is 0. The summed E-state index contributed by atoms with van der Waals surface area (Å²) >= 11 is 0. The Balaban J connectivity index is 1.63. The molecule has 5 aromatic rings. The van der Waals surface area contributed by atoms with Crippen LogP contribution >= 0.6 is 0 Å². The van der Waals surface area contributed by atoms with E-state index < -0.39 is 0 Å². The molecule has 0 bridgehead atoms. The van der Waals surface area contributed by atoms with E-state index in [4.69, 9.17) is 9.47 Å². The molecule has 3 heteroatoms. The maximum absolute atomic E-state index is 13.2. The van der Waals surface area contributed by atoms with Crippen LogP contribution in [0.3, 0.4) is 0 Å². The largest absolute Gasteiger partial charge is 0.457 e. The third kappa shape index (κ3) is 4.43. The molecule has 0 aliphatic rings. The monoisotopic (exact) mass is 429 g/mol. The first-order valence-corrected chi connectivity index (χ1v) is 10.7. The molecular formula is C30H21O3. The first kappa shape index (κ1) is 20.4. The van der Waals surface area contributed by atoms with Gasteiger partial charge in [-0.3, -0.25) is 5.11 Å². The molecule has 5 aromatic carbocycles. The van der Waals surface area contributed by atoms with E-state index in [0.717, 1.165) is 22.4 Å². The first-order valence-electron chi connectivity index (χ1n) is 10.7. The van der Waals surface area contributed by atoms with Gasteiger partial charge in [0.05, 0.1) is 0 Å². The second-order valence-corrected chi connectivity index (χ2v) is 7.50. The molecule has 0 aliphatic heterocycles. The minimum Gasteiger partial charge on any atom is -0.457 e. The SMILES string of the molecule is [O]c1cccc(-c2ccccc2Oc2ccccc2)c1-c1ccccc1Oc1ccccc1. The molecule has 1 radical (unpaired) electrons. The Labute approximate surface area is 193 Å². The molecule has 0 amide bonds. The van der Waals surface area contributed by atoms with Crippen molar-refractivity contribution in [1.29, 1.82) is 0 Å². The van der Waals surface area contributed by atoms with E-state index in [1.54, 1.807) is 12.1 Å². The van der Waals surface area contributed by atoms with Gasteiger partial charge in [0, 0.05) is 16.7 Å². The van der Waals surface area contributed by atoms with Crippen LogP contribution in [0.4, 0.5) is 0 Å². The summed E-state index contributed by atoms with van der Waals surface area (Å²) < 4.78 is 12.4. The molecule has 0 heterocycles. The van der Waals surface area contributed by atoms with Crippen molar-refractivity contribution in [2.45, 2.75) is 0 Å². The van der Waals surface area contributed by atoms with E-state index in [-0.39, 0.29) is 5.75 Å². The maximum atomic E-state index is 13.2. The Kier molecular flexibility index (Phi) is 5.77. The van der Waals surface area contributed by atoms with Crippen molar-refractivity contribution < 1.29 is 14.6 Å². The van der Waals surface area contributed by atoms with Gasteiger partial charge in [-0.15, -0.1) is 0 Å². The average molecular weight is 429 g/mol. The molecule has 0 aromatic heterocycles. The van der Waals surface area contributed by atoms with Crippen LogP contribution in [0, 0.1) is 0 Å². The third-order valence-electron chi connectivity index (χ3n) is 5.30. The molecule has 0 unspecified atom stereocenters. The van der Waals surface area contributed by atoms with E-state index in [0.29, 0.717) is 22.8 Å². The molecule has 0 spiro atoms. The van der Waals surface area contributed by atoms with Gasteiger partial charge in [-0.1, -0.05) is 84.9 Å². The summed E-state index contributed by atoms with van der Waals surface area (Å²) in [6.07, 6.45) is 0. The van der Waals surface area contributed by atoms with Gasteiger partial charge in [-0.2, -0.15) is 0 Å². The molecule has 0 atom stereocenters. The fourth-order valence-corrected chi connectivity index (χ4v) is 3.80. The minimum atomic E-state index is -0.0777. The highest BCUT2D eigenvalue weighted by Gasteiger charge is 2.19. The number of ether oxygens (including phenoxy) is 2. The van der Waals surface area contributed by atoms with Crippen LogP contribution in [0.5, 0.6) is 28.7 Å². The summed E-state index contributed by atoms with van der Waals surface area (Å²) in [5, 5.41) is 13.2. The highest BCUT2D eigenvalue weighted by Crippen LogP contribution is 2.46. The zero-order valence-corrected chi connectivity index (χ0v) is 17.8. The Bertz CT molecular complexity index is 1360. The van der Waals surface area contributed by atoms with E-state index in [2.05, 4.69) is 0 Å². The van der Waals surface area contributed by atoms with Crippen molar-refractivity contribution in [3.63, 3.8) is 0 Å². The fourth-order valence-electron chi connectivity index (χ4n) is 3.80. The Morgan fingerprint density at radius 1 is 0.394 bits per heavy atom. The lowest BCUT2D eigenvalue weighted by molar-refractivity contribution is 0.356. The van der Waals surface area contributed by atoms with Crippen molar-refractivity contribution in [1.82, 2.24) is 0 Å². The molecule has 0 saturated carbocycles. The number of benzene rings is 5. The van der Waals surface area contributed by atoms with Gasteiger partial charge in [-0.05, 0) is 48.0 Å². The minimum absolute atomic E-state index is 0.0777. The second-order valence-electron chi connectivity index (χ2n) is 7.50. The molecule has 33 heavy (non-hydrogen) atoms. The molecule has 0 saturated heterocycles. The van der Waals surface area contributed by atoms with Crippen molar-refractivity contribution in [2.24, 2.45) is 0 Å². The Morgan fingerprint density at radius 2 is 0.848 bits per heavy atom. The van der Waals surface area contributed by atoms with Gasteiger partial charge in [-0.25, -0.2) is 0 Å². The van der Waals surface area contributed by atoms with E-state index in [9.17, 15) is 5.11 Å². The predicted octanol–water partition coefficient (Wildman–Crippen LogP) is 8.75. The molecule has 5 rings (SSSR count). The molecular weight excluding hydrogens is 408 g/mol. The summed E-state index contributed by atoms with van der Waals surface area (Å²) in [4.78, 5) is 0. The molecule has 159 valence electrons. The van der Waals surface area contributed by atoms with Crippen LogP contribution in [0.15, 0.2) is 127 Å². The normalized spacial score (nSPS) is 10.5. The topological polar surface area (TPSA) is 38.4 Å². The van der Waals surface area contributed by atoms with Crippen LogP contribution in [-0.4, -0.2) is 0 Å². The van der Waals surface area contributed by atoms with Gasteiger partial charge in [0.1, 0.15) is 23.0 Å². The van der Waals surface area contributed by atoms with Crippen molar-refractivity contribution in [3.05, 3.63) is 127 Å². The van der Waals surface area contributed by atoms with Crippen LogP contribution in [-0.2, 0) is 5.11 Å². The lowest BCUT2D eigenvalue weighted by Crippen LogP contribution is -1.93. The first-order chi connectivity index (χ1) is 16.3.